The molecule has 1 aliphatic rings. The van der Waals surface area contributed by atoms with E-state index in [1.165, 1.54) is 12.8 Å². The molecule has 0 aromatic heterocycles. The van der Waals surface area contributed by atoms with E-state index < -0.39 is 0 Å². The predicted molar refractivity (Wildman–Crippen MR) is 48.8 cm³/mol. The molecule has 2 nitrogen and oxygen atoms in total. The van der Waals surface area contributed by atoms with Crippen molar-refractivity contribution in [1.82, 2.24) is 4.90 Å². The largest absolute Gasteiger partial charge is 0.342 e. The number of halogens is 1. The lowest BCUT2D eigenvalue weighted by molar-refractivity contribution is -0.133. The van der Waals surface area contributed by atoms with Crippen LogP contribution in [0, 0.1) is 5.92 Å². The molecule has 1 rings (SSSR count). The lowest BCUT2D eigenvalue weighted by atomic mass is 10.2. The molecular weight excluding hydrogens is 206 g/mol. The summed E-state index contributed by atoms with van der Waals surface area (Å²) < 4.78 is 0. The van der Waals surface area contributed by atoms with Gasteiger partial charge in [0, 0.05) is 24.3 Å². The van der Waals surface area contributed by atoms with E-state index in [2.05, 4.69) is 15.9 Å². The molecule has 0 spiro atoms. The Morgan fingerprint density at radius 3 is 2.55 bits per heavy atom. The summed E-state index contributed by atoms with van der Waals surface area (Å²) in [6, 6.07) is 0. The average molecular weight is 220 g/mol. The van der Waals surface area contributed by atoms with E-state index in [9.17, 15) is 4.79 Å². The fraction of sp³-hybridized carbons (Fsp3) is 0.875. The number of hydrogen-bond acceptors (Lipinski definition) is 1. The minimum atomic E-state index is 0.146. The average Bonchev–Trinajstić information content (AvgIpc) is 2.53. The van der Waals surface area contributed by atoms with E-state index in [4.69, 9.17) is 0 Å². The van der Waals surface area contributed by atoms with Crippen LogP contribution in [0.1, 0.15) is 19.8 Å². The van der Waals surface area contributed by atoms with Crippen LogP contribution in [0.4, 0.5) is 0 Å². The molecule has 64 valence electrons. The Labute approximate surface area is 76.1 Å². The first-order valence-electron chi connectivity index (χ1n) is 4.10. The molecule has 11 heavy (non-hydrogen) atoms. The Hall–Kier alpha value is -0.0500. The Balaban J connectivity index is 2.39. The second-order valence-electron chi connectivity index (χ2n) is 3.09. The Kier molecular flexibility index (Phi) is 3.37. The first-order valence-corrected chi connectivity index (χ1v) is 5.22. The zero-order valence-electron chi connectivity index (χ0n) is 6.85. The minimum Gasteiger partial charge on any atom is -0.342 e. The van der Waals surface area contributed by atoms with Crippen molar-refractivity contribution in [2.45, 2.75) is 19.8 Å². The standard InChI is InChI=1S/C8H14BrNO/c1-7(6-9)8(11)10-4-2-3-5-10/h7H,2-6H2,1H3. The van der Waals surface area contributed by atoms with Gasteiger partial charge in [-0.15, -0.1) is 0 Å². The third-order valence-electron chi connectivity index (χ3n) is 2.07. The highest BCUT2D eigenvalue weighted by Crippen LogP contribution is 2.12. The maximum atomic E-state index is 11.5. The number of carbonyl (C=O) groups excluding carboxylic acids is 1. The van der Waals surface area contributed by atoms with Gasteiger partial charge in [0.2, 0.25) is 5.91 Å². The number of likely N-dealkylation sites (tertiary alicyclic amines) is 1. The monoisotopic (exact) mass is 219 g/mol. The van der Waals surface area contributed by atoms with Gasteiger partial charge < -0.3 is 4.90 Å². The first-order chi connectivity index (χ1) is 5.25. The van der Waals surface area contributed by atoms with Gasteiger partial charge in [0.05, 0.1) is 0 Å². The molecule has 0 bridgehead atoms. The maximum absolute atomic E-state index is 11.5. The third-order valence-corrected chi connectivity index (χ3v) is 3.04. The summed E-state index contributed by atoms with van der Waals surface area (Å²) in [5, 5.41) is 0.780. The fourth-order valence-electron chi connectivity index (χ4n) is 1.32. The van der Waals surface area contributed by atoms with Crippen LogP contribution in [-0.4, -0.2) is 29.2 Å². The van der Waals surface area contributed by atoms with Crippen molar-refractivity contribution in [2.24, 2.45) is 5.92 Å². The van der Waals surface area contributed by atoms with Crippen molar-refractivity contribution in [3.8, 4) is 0 Å². The van der Waals surface area contributed by atoms with Gasteiger partial charge in [0.15, 0.2) is 0 Å². The van der Waals surface area contributed by atoms with E-state index in [1.807, 2.05) is 11.8 Å². The van der Waals surface area contributed by atoms with Crippen LogP contribution >= 0.6 is 15.9 Å². The van der Waals surface area contributed by atoms with Gasteiger partial charge in [-0.05, 0) is 12.8 Å². The zero-order chi connectivity index (χ0) is 8.27. The SMILES string of the molecule is CC(CBr)C(=O)N1CCCC1. The molecule has 0 N–H and O–H groups in total. The summed E-state index contributed by atoms with van der Waals surface area (Å²) in [6.07, 6.45) is 2.36. The highest BCUT2D eigenvalue weighted by molar-refractivity contribution is 9.09. The molecule has 0 aromatic carbocycles. The number of rotatable bonds is 2. The summed E-state index contributed by atoms with van der Waals surface area (Å²) in [5.41, 5.74) is 0. The second-order valence-corrected chi connectivity index (χ2v) is 3.74. The molecule has 0 radical (unpaired) electrons. The topological polar surface area (TPSA) is 20.3 Å². The van der Waals surface area contributed by atoms with Crippen molar-refractivity contribution < 1.29 is 4.79 Å². The summed E-state index contributed by atoms with van der Waals surface area (Å²) >= 11 is 3.31. The molecule has 1 fully saturated rings. The van der Waals surface area contributed by atoms with Gasteiger partial charge in [-0.2, -0.15) is 0 Å². The van der Waals surface area contributed by atoms with Gasteiger partial charge >= 0.3 is 0 Å². The van der Waals surface area contributed by atoms with Crippen LogP contribution < -0.4 is 0 Å². The van der Waals surface area contributed by atoms with Crippen LogP contribution in [0.25, 0.3) is 0 Å². The number of nitrogens with zero attached hydrogens (tertiary/aromatic N) is 1. The molecule has 1 heterocycles. The molecule has 1 amide bonds. The number of carbonyl (C=O) groups is 1. The van der Waals surface area contributed by atoms with Gasteiger partial charge in [0.25, 0.3) is 0 Å². The first kappa shape index (κ1) is 9.04. The van der Waals surface area contributed by atoms with E-state index in [-0.39, 0.29) is 5.92 Å². The molecule has 1 saturated heterocycles. The van der Waals surface area contributed by atoms with E-state index in [1.54, 1.807) is 0 Å². The number of amides is 1. The smallest absolute Gasteiger partial charge is 0.226 e. The van der Waals surface area contributed by atoms with Crippen LogP contribution in [0.15, 0.2) is 0 Å². The van der Waals surface area contributed by atoms with Gasteiger partial charge in [-0.1, -0.05) is 22.9 Å². The van der Waals surface area contributed by atoms with Crippen molar-refractivity contribution in [3.05, 3.63) is 0 Å². The summed E-state index contributed by atoms with van der Waals surface area (Å²) in [4.78, 5) is 13.4. The molecular formula is C8H14BrNO. The summed E-state index contributed by atoms with van der Waals surface area (Å²) in [7, 11) is 0. The van der Waals surface area contributed by atoms with Crippen molar-refractivity contribution in [3.63, 3.8) is 0 Å². The van der Waals surface area contributed by atoms with Crippen molar-refractivity contribution in [2.75, 3.05) is 18.4 Å². The van der Waals surface area contributed by atoms with Gasteiger partial charge in [-0.25, -0.2) is 0 Å². The van der Waals surface area contributed by atoms with Crippen LogP contribution in [0.5, 0.6) is 0 Å². The Bertz CT molecular complexity index is 143. The van der Waals surface area contributed by atoms with Gasteiger partial charge in [0.1, 0.15) is 0 Å². The van der Waals surface area contributed by atoms with Crippen LogP contribution in [-0.2, 0) is 4.79 Å². The predicted octanol–water partition coefficient (Wildman–Crippen LogP) is 1.64. The van der Waals surface area contributed by atoms with E-state index in [0.29, 0.717) is 5.91 Å². The van der Waals surface area contributed by atoms with E-state index in [0.717, 1.165) is 18.4 Å². The highest BCUT2D eigenvalue weighted by Gasteiger charge is 2.21. The van der Waals surface area contributed by atoms with Crippen LogP contribution in [0.2, 0.25) is 0 Å². The molecule has 1 aliphatic heterocycles. The quantitative estimate of drug-likeness (QED) is 0.648. The van der Waals surface area contributed by atoms with Crippen molar-refractivity contribution in [1.29, 1.82) is 0 Å². The molecule has 3 heteroatoms. The van der Waals surface area contributed by atoms with E-state index >= 15 is 0 Å². The summed E-state index contributed by atoms with van der Waals surface area (Å²) in [5.74, 6) is 0.451. The zero-order valence-corrected chi connectivity index (χ0v) is 8.43. The maximum Gasteiger partial charge on any atom is 0.226 e. The molecule has 0 saturated carbocycles. The molecule has 1 atom stereocenters. The molecule has 0 aliphatic carbocycles. The minimum absolute atomic E-state index is 0.146. The lowest BCUT2D eigenvalue weighted by Gasteiger charge is -2.18. The second kappa shape index (κ2) is 4.10. The Morgan fingerprint density at radius 2 is 2.09 bits per heavy atom. The van der Waals surface area contributed by atoms with Crippen molar-refractivity contribution >= 4 is 21.8 Å². The number of alkyl halides is 1. The van der Waals surface area contributed by atoms with Crippen LogP contribution in [0.3, 0.4) is 0 Å². The molecule has 1 unspecified atom stereocenters. The fourth-order valence-corrected chi connectivity index (χ4v) is 1.59. The van der Waals surface area contributed by atoms with Gasteiger partial charge in [-0.3, -0.25) is 4.79 Å². The molecule has 0 aromatic rings. The lowest BCUT2D eigenvalue weighted by Crippen LogP contribution is -2.33. The third kappa shape index (κ3) is 2.19. The Morgan fingerprint density at radius 1 is 1.55 bits per heavy atom. The summed E-state index contributed by atoms with van der Waals surface area (Å²) in [6.45, 7) is 3.90. The normalized spacial score (nSPS) is 20.4. The number of hydrogen-bond donors (Lipinski definition) is 0. The highest BCUT2D eigenvalue weighted by atomic mass is 79.9.